The number of carboxylic acids is 1. The van der Waals surface area contributed by atoms with Crippen molar-refractivity contribution >= 4 is 12.3 Å². The zero-order chi connectivity index (χ0) is 9.72. The molecular formula is C9H16O3. The topological polar surface area (TPSA) is 54.4 Å². The average Bonchev–Trinajstić information content (AvgIpc) is 2.05. The Bertz CT molecular complexity index is 165. The third-order valence-electron chi connectivity index (χ3n) is 2.43. The van der Waals surface area contributed by atoms with Crippen LogP contribution in [0.25, 0.3) is 0 Å². The second-order valence-electron chi connectivity index (χ2n) is 3.23. The molecule has 0 saturated heterocycles. The summed E-state index contributed by atoms with van der Waals surface area (Å²) in [5, 5.41) is 8.67. The van der Waals surface area contributed by atoms with Crippen molar-refractivity contribution in [3.8, 4) is 0 Å². The van der Waals surface area contributed by atoms with Gasteiger partial charge in [-0.15, -0.1) is 0 Å². The molecule has 12 heavy (non-hydrogen) atoms. The quantitative estimate of drug-likeness (QED) is 0.640. The highest BCUT2D eigenvalue weighted by Crippen LogP contribution is 2.21. The molecule has 0 aliphatic rings. The molecule has 0 aromatic rings. The lowest BCUT2D eigenvalue weighted by molar-refractivity contribution is -0.145. The van der Waals surface area contributed by atoms with Gasteiger partial charge in [0.15, 0.2) is 0 Å². The Morgan fingerprint density at radius 3 is 2.25 bits per heavy atom. The van der Waals surface area contributed by atoms with Crippen molar-refractivity contribution in [2.45, 2.75) is 27.2 Å². The van der Waals surface area contributed by atoms with E-state index in [1.807, 2.05) is 13.8 Å². The number of hydrogen-bond donors (Lipinski definition) is 1. The van der Waals surface area contributed by atoms with Gasteiger partial charge in [0.05, 0.1) is 5.92 Å². The first-order valence-electron chi connectivity index (χ1n) is 4.22. The van der Waals surface area contributed by atoms with Crippen LogP contribution in [-0.4, -0.2) is 17.4 Å². The predicted molar refractivity (Wildman–Crippen MR) is 45.8 cm³/mol. The van der Waals surface area contributed by atoms with Crippen molar-refractivity contribution in [1.82, 2.24) is 0 Å². The number of carbonyl (C=O) groups is 2. The van der Waals surface area contributed by atoms with Crippen LogP contribution in [0.5, 0.6) is 0 Å². The molecule has 0 heterocycles. The van der Waals surface area contributed by atoms with Crippen molar-refractivity contribution in [2.75, 3.05) is 0 Å². The minimum atomic E-state index is -0.896. The Hall–Kier alpha value is -0.860. The van der Waals surface area contributed by atoms with Crippen LogP contribution in [0.4, 0.5) is 0 Å². The molecule has 0 spiro atoms. The van der Waals surface area contributed by atoms with Gasteiger partial charge in [-0.25, -0.2) is 0 Å². The van der Waals surface area contributed by atoms with Crippen LogP contribution in [0.15, 0.2) is 0 Å². The summed E-state index contributed by atoms with van der Waals surface area (Å²) < 4.78 is 0. The Balaban J connectivity index is 4.33. The summed E-state index contributed by atoms with van der Waals surface area (Å²) in [6.07, 6.45) is 1.59. The zero-order valence-electron chi connectivity index (χ0n) is 7.78. The van der Waals surface area contributed by atoms with E-state index in [-0.39, 0.29) is 11.8 Å². The third-order valence-corrected chi connectivity index (χ3v) is 2.43. The van der Waals surface area contributed by atoms with Crippen LogP contribution >= 0.6 is 0 Å². The van der Waals surface area contributed by atoms with Gasteiger partial charge in [0.25, 0.3) is 0 Å². The second kappa shape index (κ2) is 4.91. The summed E-state index contributed by atoms with van der Waals surface area (Å²) in [6, 6.07) is 0. The van der Waals surface area contributed by atoms with Crippen LogP contribution in [0.3, 0.4) is 0 Å². The molecule has 0 amide bonds. The minimum Gasteiger partial charge on any atom is -0.481 e. The number of aliphatic carboxylic acids is 1. The fourth-order valence-electron chi connectivity index (χ4n) is 1.18. The van der Waals surface area contributed by atoms with E-state index in [2.05, 4.69) is 0 Å². The Morgan fingerprint density at radius 1 is 1.50 bits per heavy atom. The maximum absolute atomic E-state index is 10.6. The summed E-state index contributed by atoms with van der Waals surface area (Å²) in [6.45, 7) is 5.43. The molecule has 0 rings (SSSR count). The van der Waals surface area contributed by atoms with Gasteiger partial charge in [0.1, 0.15) is 6.29 Å². The zero-order valence-corrected chi connectivity index (χ0v) is 7.78. The summed E-state index contributed by atoms with van der Waals surface area (Å²) in [5.74, 6) is -1.68. The standard InChI is InChI=1S/C9H16O3/c1-4-6(2)8(5-10)7(3)9(11)12/h5-8H,4H2,1-3H3,(H,11,12). The van der Waals surface area contributed by atoms with E-state index in [0.29, 0.717) is 0 Å². The molecule has 3 atom stereocenters. The first kappa shape index (κ1) is 11.1. The Labute approximate surface area is 72.8 Å². The van der Waals surface area contributed by atoms with E-state index in [0.717, 1.165) is 12.7 Å². The van der Waals surface area contributed by atoms with Gasteiger partial charge in [-0.3, -0.25) is 4.79 Å². The number of aldehydes is 1. The molecule has 0 aromatic heterocycles. The Morgan fingerprint density at radius 2 is 2.00 bits per heavy atom. The molecule has 1 N–H and O–H groups in total. The lowest BCUT2D eigenvalue weighted by Crippen LogP contribution is -2.26. The van der Waals surface area contributed by atoms with E-state index in [1.54, 1.807) is 6.92 Å². The Kier molecular flexibility index (Phi) is 4.55. The predicted octanol–water partition coefficient (Wildman–Crippen LogP) is 1.57. The fourth-order valence-corrected chi connectivity index (χ4v) is 1.18. The van der Waals surface area contributed by atoms with Crippen molar-refractivity contribution in [3.63, 3.8) is 0 Å². The summed E-state index contributed by atoms with van der Waals surface area (Å²) in [7, 11) is 0. The largest absolute Gasteiger partial charge is 0.481 e. The molecule has 0 aliphatic heterocycles. The monoisotopic (exact) mass is 172 g/mol. The van der Waals surface area contributed by atoms with E-state index in [4.69, 9.17) is 5.11 Å². The fraction of sp³-hybridized carbons (Fsp3) is 0.778. The summed E-state index contributed by atoms with van der Waals surface area (Å²) in [5.41, 5.74) is 0. The van der Waals surface area contributed by atoms with Gasteiger partial charge in [0.2, 0.25) is 0 Å². The number of rotatable bonds is 5. The molecule has 3 heteroatoms. The molecule has 0 fully saturated rings. The third kappa shape index (κ3) is 2.64. The van der Waals surface area contributed by atoms with Gasteiger partial charge < -0.3 is 9.90 Å². The van der Waals surface area contributed by atoms with Gasteiger partial charge in [-0.2, -0.15) is 0 Å². The van der Waals surface area contributed by atoms with Crippen molar-refractivity contribution < 1.29 is 14.7 Å². The second-order valence-corrected chi connectivity index (χ2v) is 3.23. The molecule has 0 bridgehead atoms. The highest BCUT2D eigenvalue weighted by atomic mass is 16.4. The van der Waals surface area contributed by atoms with Crippen LogP contribution < -0.4 is 0 Å². The molecular weight excluding hydrogens is 156 g/mol. The van der Waals surface area contributed by atoms with Gasteiger partial charge in [-0.05, 0) is 5.92 Å². The van der Waals surface area contributed by atoms with Crippen LogP contribution in [0.2, 0.25) is 0 Å². The first-order valence-corrected chi connectivity index (χ1v) is 4.22. The van der Waals surface area contributed by atoms with E-state index < -0.39 is 11.9 Å². The minimum absolute atomic E-state index is 0.147. The van der Waals surface area contributed by atoms with Gasteiger partial charge in [0, 0.05) is 5.92 Å². The van der Waals surface area contributed by atoms with E-state index >= 15 is 0 Å². The van der Waals surface area contributed by atoms with Gasteiger partial charge in [-0.1, -0.05) is 27.2 Å². The molecule has 70 valence electrons. The van der Waals surface area contributed by atoms with Crippen molar-refractivity contribution in [1.29, 1.82) is 0 Å². The highest BCUT2D eigenvalue weighted by molar-refractivity contribution is 5.74. The molecule has 0 aliphatic carbocycles. The van der Waals surface area contributed by atoms with Crippen LogP contribution in [0, 0.1) is 17.8 Å². The normalized spacial score (nSPS) is 17.9. The van der Waals surface area contributed by atoms with Gasteiger partial charge >= 0.3 is 5.97 Å². The number of carbonyl (C=O) groups excluding carboxylic acids is 1. The molecule has 0 aromatic carbocycles. The van der Waals surface area contributed by atoms with Crippen molar-refractivity contribution in [2.24, 2.45) is 17.8 Å². The van der Waals surface area contributed by atoms with Crippen LogP contribution in [-0.2, 0) is 9.59 Å². The smallest absolute Gasteiger partial charge is 0.306 e. The maximum atomic E-state index is 10.6. The first-order chi connectivity index (χ1) is 5.54. The molecule has 0 saturated carbocycles. The van der Waals surface area contributed by atoms with E-state index in [1.165, 1.54) is 0 Å². The molecule has 3 unspecified atom stereocenters. The molecule has 3 nitrogen and oxygen atoms in total. The molecule has 0 radical (unpaired) electrons. The summed E-state index contributed by atoms with van der Waals surface area (Å²) >= 11 is 0. The highest BCUT2D eigenvalue weighted by Gasteiger charge is 2.26. The lowest BCUT2D eigenvalue weighted by atomic mass is 9.83. The maximum Gasteiger partial charge on any atom is 0.306 e. The van der Waals surface area contributed by atoms with E-state index in [9.17, 15) is 9.59 Å². The summed E-state index contributed by atoms with van der Waals surface area (Å²) in [4.78, 5) is 21.1. The van der Waals surface area contributed by atoms with Crippen LogP contribution in [0.1, 0.15) is 27.2 Å². The van der Waals surface area contributed by atoms with Crippen molar-refractivity contribution in [3.05, 3.63) is 0 Å². The average molecular weight is 172 g/mol. The lowest BCUT2D eigenvalue weighted by Gasteiger charge is -2.20. The number of hydrogen-bond acceptors (Lipinski definition) is 2. The SMILES string of the molecule is CCC(C)C(C=O)C(C)C(=O)O. The number of carboxylic acid groups (broad SMARTS) is 1.